The molecule has 1 aromatic carbocycles. The number of hydrogen-bond donors (Lipinski definition) is 0. The van der Waals surface area contributed by atoms with Crippen molar-refractivity contribution in [2.75, 3.05) is 12.0 Å². The summed E-state index contributed by atoms with van der Waals surface area (Å²) in [5.41, 5.74) is 0.644. The van der Waals surface area contributed by atoms with E-state index in [1.807, 2.05) is 0 Å². The van der Waals surface area contributed by atoms with E-state index in [1.165, 1.54) is 4.90 Å². The molecular weight excluding hydrogens is 242 g/mol. The lowest BCUT2D eigenvalue weighted by molar-refractivity contribution is -0.131. The van der Waals surface area contributed by atoms with E-state index in [-0.39, 0.29) is 5.91 Å². The standard InChI is InChI=1S/C12H12ClNO3/c1-12(13)10(7-15)14(11(12)16)8-3-5-9(17-2)6-4-8/h3-7,10H,1-2H3/t10-,12-/m1/s1. The van der Waals surface area contributed by atoms with Gasteiger partial charge in [-0.1, -0.05) is 0 Å². The summed E-state index contributed by atoms with van der Waals surface area (Å²) in [4.78, 5) is 23.0. The second kappa shape index (κ2) is 4.04. The van der Waals surface area contributed by atoms with Gasteiger partial charge in [0, 0.05) is 5.69 Å². The van der Waals surface area contributed by atoms with Crippen LogP contribution >= 0.6 is 11.6 Å². The number of benzene rings is 1. The molecule has 1 amide bonds. The van der Waals surface area contributed by atoms with Crippen molar-refractivity contribution in [2.45, 2.75) is 17.8 Å². The molecule has 2 atom stereocenters. The molecule has 1 heterocycles. The van der Waals surface area contributed by atoms with Gasteiger partial charge in [0.15, 0.2) is 0 Å². The molecule has 1 aliphatic rings. The van der Waals surface area contributed by atoms with Gasteiger partial charge in [-0.2, -0.15) is 0 Å². The Morgan fingerprint density at radius 2 is 2.00 bits per heavy atom. The van der Waals surface area contributed by atoms with E-state index in [9.17, 15) is 9.59 Å². The molecule has 17 heavy (non-hydrogen) atoms. The van der Waals surface area contributed by atoms with Gasteiger partial charge >= 0.3 is 0 Å². The highest BCUT2D eigenvalue weighted by Gasteiger charge is 2.57. The quantitative estimate of drug-likeness (QED) is 0.467. The summed E-state index contributed by atoms with van der Waals surface area (Å²) < 4.78 is 5.02. The Morgan fingerprint density at radius 3 is 2.47 bits per heavy atom. The van der Waals surface area contributed by atoms with Gasteiger partial charge in [0.05, 0.1) is 7.11 Å². The van der Waals surface area contributed by atoms with Crippen LogP contribution in [0.4, 0.5) is 5.69 Å². The number of amides is 1. The minimum atomic E-state index is -1.12. The van der Waals surface area contributed by atoms with Crippen molar-refractivity contribution in [2.24, 2.45) is 0 Å². The molecule has 0 spiro atoms. The molecule has 0 unspecified atom stereocenters. The number of β-lactam (4-membered cyclic amide) rings is 1. The number of carbonyl (C=O) groups is 2. The van der Waals surface area contributed by atoms with Crippen LogP contribution in [0.1, 0.15) is 6.92 Å². The predicted octanol–water partition coefficient (Wildman–Crippen LogP) is 1.61. The number of halogens is 1. The van der Waals surface area contributed by atoms with E-state index >= 15 is 0 Å². The average Bonchev–Trinajstić information content (AvgIpc) is 2.35. The monoisotopic (exact) mass is 253 g/mol. The number of rotatable bonds is 3. The molecule has 5 heteroatoms. The number of nitrogens with zero attached hydrogens (tertiary/aromatic N) is 1. The molecule has 0 radical (unpaired) electrons. The molecular formula is C12H12ClNO3. The summed E-state index contributed by atoms with van der Waals surface area (Å²) in [7, 11) is 1.56. The molecule has 1 saturated heterocycles. The molecule has 1 aliphatic heterocycles. The average molecular weight is 254 g/mol. The van der Waals surface area contributed by atoms with Crippen LogP contribution in [0.5, 0.6) is 5.75 Å². The molecule has 90 valence electrons. The number of alkyl halides is 1. The summed E-state index contributed by atoms with van der Waals surface area (Å²) in [6, 6.07) is 6.28. The Bertz CT molecular complexity index is 455. The molecule has 0 N–H and O–H groups in total. The number of aldehydes is 1. The summed E-state index contributed by atoms with van der Waals surface area (Å²) in [6.07, 6.45) is 0.693. The maximum Gasteiger partial charge on any atom is 0.251 e. The fourth-order valence-electron chi connectivity index (χ4n) is 1.87. The van der Waals surface area contributed by atoms with E-state index < -0.39 is 10.9 Å². The summed E-state index contributed by atoms with van der Waals surface area (Å²) in [5.74, 6) is 0.430. The molecule has 0 aliphatic carbocycles. The zero-order chi connectivity index (χ0) is 12.6. The Morgan fingerprint density at radius 1 is 1.41 bits per heavy atom. The van der Waals surface area contributed by atoms with Crippen LogP contribution in [0.25, 0.3) is 0 Å². The third-order valence-electron chi connectivity index (χ3n) is 2.95. The zero-order valence-corrected chi connectivity index (χ0v) is 10.3. The molecule has 0 aromatic heterocycles. The molecule has 4 nitrogen and oxygen atoms in total. The van der Waals surface area contributed by atoms with Gasteiger partial charge in [0.25, 0.3) is 5.91 Å². The van der Waals surface area contributed by atoms with Crippen LogP contribution in [-0.4, -0.2) is 30.2 Å². The lowest BCUT2D eigenvalue weighted by Crippen LogP contribution is -2.70. The fourth-order valence-corrected chi connectivity index (χ4v) is 2.11. The largest absolute Gasteiger partial charge is 0.497 e. The van der Waals surface area contributed by atoms with Crippen LogP contribution < -0.4 is 9.64 Å². The van der Waals surface area contributed by atoms with Crippen LogP contribution in [0.2, 0.25) is 0 Å². The highest BCUT2D eigenvalue weighted by atomic mass is 35.5. The van der Waals surface area contributed by atoms with Crippen molar-refractivity contribution >= 4 is 29.5 Å². The normalized spacial score (nSPS) is 27.6. The Kier molecular flexibility index (Phi) is 2.83. The number of carbonyl (C=O) groups excluding carboxylic acids is 2. The van der Waals surface area contributed by atoms with Gasteiger partial charge in [-0.25, -0.2) is 0 Å². The van der Waals surface area contributed by atoms with Crippen molar-refractivity contribution < 1.29 is 14.3 Å². The third-order valence-corrected chi connectivity index (χ3v) is 3.34. The fraction of sp³-hybridized carbons (Fsp3) is 0.333. The lowest BCUT2D eigenvalue weighted by Gasteiger charge is -2.48. The molecule has 0 saturated carbocycles. The molecule has 0 bridgehead atoms. The minimum Gasteiger partial charge on any atom is -0.497 e. The summed E-state index contributed by atoms with van der Waals surface area (Å²) in [5, 5.41) is 0. The first-order valence-corrected chi connectivity index (χ1v) is 5.52. The Balaban J connectivity index is 2.28. The van der Waals surface area contributed by atoms with Crippen LogP contribution in [0.3, 0.4) is 0 Å². The maximum absolute atomic E-state index is 11.8. The Labute approximate surface area is 104 Å². The highest BCUT2D eigenvalue weighted by molar-refractivity contribution is 6.43. The van der Waals surface area contributed by atoms with Crippen LogP contribution in [-0.2, 0) is 9.59 Å². The summed E-state index contributed by atoms with van der Waals surface area (Å²) >= 11 is 5.98. The van der Waals surface area contributed by atoms with Gasteiger partial charge in [0.1, 0.15) is 23.0 Å². The molecule has 2 rings (SSSR count). The van der Waals surface area contributed by atoms with Crippen molar-refractivity contribution in [3.05, 3.63) is 24.3 Å². The van der Waals surface area contributed by atoms with Crippen molar-refractivity contribution in [1.29, 1.82) is 0 Å². The van der Waals surface area contributed by atoms with E-state index in [0.717, 1.165) is 0 Å². The SMILES string of the molecule is COc1ccc(N2C(=O)[C@](C)(Cl)[C@H]2C=O)cc1. The second-order valence-corrected chi connectivity index (χ2v) is 4.81. The van der Waals surface area contributed by atoms with Gasteiger partial charge < -0.3 is 9.53 Å². The molecule has 1 aromatic rings. The number of anilines is 1. The van der Waals surface area contributed by atoms with E-state index in [1.54, 1.807) is 38.3 Å². The maximum atomic E-state index is 11.8. The summed E-state index contributed by atoms with van der Waals surface area (Å²) in [6.45, 7) is 1.55. The Hall–Kier alpha value is -1.55. The first-order chi connectivity index (χ1) is 8.02. The second-order valence-electron chi connectivity index (χ2n) is 4.03. The zero-order valence-electron chi connectivity index (χ0n) is 9.51. The van der Waals surface area contributed by atoms with Gasteiger partial charge in [-0.15, -0.1) is 11.6 Å². The highest BCUT2D eigenvalue weighted by Crippen LogP contribution is 2.39. The lowest BCUT2D eigenvalue weighted by atomic mass is 9.88. The smallest absolute Gasteiger partial charge is 0.251 e. The van der Waals surface area contributed by atoms with Crippen molar-refractivity contribution in [3.63, 3.8) is 0 Å². The van der Waals surface area contributed by atoms with E-state index in [2.05, 4.69) is 0 Å². The number of hydrogen-bond acceptors (Lipinski definition) is 3. The van der Waals surface area contributed by atoms with E-state index in [0.29, 0.717) is 17.7 Å². The van der Waals surface area contributed by atoms with Crippen LogP contribution in [0.15, 0.2) is 24.3 Å². The third kappa shape index (κ3) is 1.69. The van der Waals surface area contributed by atoms with Crippen molar-refractivity contribution in [1.82, 2.24) is 0 Å². The topological polar surface area (TPSA) is 46.6 Å². The van der Waals surface area contributed by atoms with Gasteiger partial charge in [-0.05, 0) is 31.2 Å². The predicted molar refractivity (Wildman–Crippen MR) is 64.6 cm³/mol. The first kappa shape index (κ1) is 11.9. The van der Waals surface area contributed by atoms with Crippen molar-refractivity contribution in [3.8, 4) is 5.75 Å². The molecule has 1 fully saturated rings. The minimum absolute atomic E-state index is 0.263. The first-order valence-electron chi connectivity index (χ1n) is 5.14. The van der Waals surface area contributed by atoms with Gasteiger partial charge in [-0.3, -0.25) is 9.69 Å². The number of methoxy groups -OCH3 is 1. The van der Waals surface area contributed by atoms with Crippen LogP contribution in [0, 0.1) is 0 Å². The van der Waals surface area contributed by atoms with Gasteiger partial charge in [0.2, 0.25) is 0 Å². The number of ether oxygens (including phenoxy) is 1. The van der Waals surface area contributed by atoms with E-state index in [4.69, 9.17) is 16.3 Å².